The van der Waals surface area contributed by atoms with Gasteiger partial charge in [0.1, 0.15) is 11.8 Å². The molecular formula is C20H28N4O3. The van der Waals surface area contributed by atoms with Crippen molar-refractivity contribution in [3.05, 3.63) is 30.2 Å². The molecule has 2 unspecified atom stereocenters. The number of carbonyl (C=O) groups is 1. The molecule has 1 amide bonds. The number of likely N-dealkylation sites (tertiary alicyclic amines) is 1. The van der Waals surface area contributed by atoms with Crippen LogP contribution in [0.1, 0.15) is 52.0 Å². The third-order valence-electron chi connectivity index (χ3n) is 5.02. The lowest BCUT2D eigenvalue weighted by atomic mass is 10.1. The Hall–Kier alpha value is -2.41. The van der Waals surface area contributed by atoms with Gasteiger partial charge in [-0.1, -0.05) is 17.3 Å². The van der Waals surface area contributed by atoms with Crippen molar-refractivity contribution >= 4 is 5.91 Å². The lowest BCUT2D eigenvalue weighted by Crippen LogP contribution is -2.39. The molecule has 0 radical (unpaired) electrons. The summed E-state index contributed by atoms with van der Waals surface area (Å²) >= 11 is 0. The fourth-order valence-corrected chi connectivity index (χ4v) is 3.62. The number of methoxy groups -OCH3 is 1. The molecule has 0 spiro atoms. The molecule has 0 aliphatic carbocycles. The van der Waals surface area contributed by atoms with E-state index in [1.807, 2.05) is 31.2 Å². The van der Waals surface area contributed by atoms with Crippen molar-refractivity contribution in [1.29, 1.82) is 0 Å². The van der Waals surface area contributed by atoms with Crippen LogP contribution in [0.3, 0.4) is 0 Å². The van der Waals surface area contributed by atoms with Crippen molar-refractivity contribution in [2.75, 3.05) is 13.7 Å². The first kappa shape index (κ1) is 19.4. The predicted molar refractivity (Wildman–Crippen MR) is 102 cm³/mol. The summed E-state index contributed by atoms with van der Waals surface area (Å²) in [5, 5.41) is 7.01. The quantitative estimate of drug-likeness (QED) is 0.804. The van der Waals surface area contributed by atoms with Gasteiger partial charge >= 0.3 is 0 Å². The molecule has 1 aliphatic heterocycles. The standard InChI is InChI=1S/C20H28N4O3/c1-13(2)24-10-6-8-16(24)12-18(25)21-14(3)20-22-19(23-27-20)15-7-5-9-17(11-15)26-4/h5,7,9,11,13-14,16H,6,8,10,12H2,1-4H3,(H,21,25). The molecule has 1 fully saturated rings. The highest BCUT2D eigenvalue weighted by Gasteiger charge is 2.29. The molecule has 0 bridgehead atoms. The lowest BCUT2D eigenvalue weighted by Gasteiger charge is -2.28. The van der Waals surface area contributed by atoms with Crippen LogP contribution in [-0.2, 0) is 4.79 Å². The Morgan fingerprint density at radius 2 is 2.22 bits per heavy atom. The van der Waals surface area contributed by atoms with Gasteiger partial charge in [-0.25, -0.2) is 0 Å². The monoisotopic (exact) mass is 372 g/mol. The summed E-state index contributed by atoms with van der Waals surface area (Å²) in [7, 11) is 1.61. The molecule has 1 aromatic carbocycles. The van der Waals surface area contributed by atoms with Crippen LogP contribution in [0.4, 0.5) is 0 Å². The smallest absolute Gasteiger partial charge is 0.249 e. The molecule has 1 aliphatic rings. The van der Waals surface area contributed by atoms with Gasteiger partial charge in [0.2, 0.25) is 17.6 Å². The molecule has 146 valence electrons. The van der Waals surface area contributed by atoms with E-state index in [-0.39, 0.29) is 11.9 Å². The predicted octanol–water partition coefficient (Wildman–Crippen LogP) is 3.19. The van der Waals surface area contributed by atoms with Crippen LogP contribution in [0.5, 0.6) is 5.75 Å². The fraction of sp³-hybridized carbons (Fsp3) is 0.550. The molecule has 2 heterocycles. The van der Waals surface area contributed by atoms with Crippen LogP contribution in [0.15, 0.2) is 28.8 Å². The van der Waals surface area contributed by atoms with Crippen LogP contribution in [0.25, 0.3) is 11.4 Å². The number of amides is 1. The van der Waals surface area contributed by atoms with Crippen LogP contribution < -0.4 is 10.1 Å². The van der Waals surface area contributed by atoms with Gasteiger partial charge < -0.3 is 14.6 Å². The van der Waals surface area contributed by atoms with Gasteiger partial charge in [-0.3, -0.25) is 9.69 Å². The molecule has 1 saturated heterocycles. The van der Waals surface area contributed by atoms with E-state index in [0.29, 0.717) is 30.2 Å². The molecule has 2 aromatic rings. The summed E-state index contributed by atoms with van der Waals surface area (Å²) in [6, 6.07) is 7.91. The van der Waals surface area contributed by atoms with Crippen molar-refractivity contribution < 1.29 is 14.1 Å². The first-order valence-corrected chi connectivity index (χ1v) is 9.51. The zero-order valence-electron chi connectivity index (χ0n) is 16.4. The zero-order valence-corrected chi connectivity index (χ0v) is 16.4. The Morgan fingerprint density at radius 3 is 2.96 bits per heavy atom. The number of carbonyl (C=O) groups excluding carboxylic acids is 1. The number of hydrogen-bond acceptors (Lipinski definition) is 6. The summed E-state index contributed by atoms with van der Waals surface area (Å²) in [6.07, 6.45) is 2.72. The van der Waals surface area contributed by atoms with Crippen LogP contribution in [-0.4, -0.2) is 46.7 Å². The summed E-state index contributed by atoms with van der Waals surface area (Å²) in [5.74, 6) is 1.62. The van der Waals surface area contributed by atoms with Gasteiger partial charge in [0.15, 0.2) is 0 Å². The van der Waals surface area contributed by atoms with E-state index in [9.17, 15) is 4.79 Å². The van der Waals surface area contributed by atoms with Gasteiger partial charge in [0.25, 0.3) is 0 Å². The van der Waals surface area contributed by atoms with E-state index in [0.717, 1.165) is 30.7 Å². The third-order valence-corrected chi connectivity index (χ3v) is 5.02. The number of hydrogen-bond donors (Lipinski definition) is 1. The third kappa shape index (κ3) is 4.66. The molecule has 1 N–H and O–H groups in total. The van der Waals surface area contributed by atoms with Gasteiger partial charge in [-0.2, -0.15) is 4.98 Å². The van der Waals surface area contributed by atoms with E-state index in [1.54, 1.807) is 7.11 Å². The topological polar surface area (TPSA) is 80.5 Å². The normalized spacial score (nSPS) is 18.6. The Bertz CT molecular complexity index is 774. The van der Waals surface area contributed by atoms with Crippen LogP contribution in [0.2, 0.25) is 0 Å². The molecular weight excluding hydrogens is 344 g/mol. The SMILES string of the molecule is COc1cccc(-c2noc(C(C)NC(=O)CC3CCCN3C(C)C)n2)c1. The maximum Gasteiger partial charge on any atom is 0.249 e. The minimum atomic E-state index is -0.335. The highest BCUT2D eigenvalue weighted by atomic mass is 16.5. The fourth-order valence-electron chi connectivity index (χ4n) is 3.62. The van der Waals surface area contributed by atoms with E-state index in [1.165, 1.54) is 0 Å². The first-order valence-electron chi connectivity index (χ1n) is 9.51. The molecule has 7 nitrogen and oxygen atoms in total. The number of ether oxygens (including phenoxy) is 1. The van der Waals surface area contributed by atoms with Crippen LogP contribution in [0, 0.1) is 0 Å². The zero-order chi connectivity index (χ0) is 19.4. The summed E-state index contributed by atoms with van der Waals surface area (Å²) < 4.78 is 10.6. The Balaban J connectivity index is 1.60. The lowest BCUT2D eigenvalue weighted by molar-refractivity contribution is -0.123. The number of nitrogens with zero attached hydrogens (tertiary/aromatic N) is 3. The van der Waals surface area contributed by atoms with Crippen molar-refractivity contribution in [2.45, 2.75) is 58.2 Å². The van der Waals surface area contributed by atoms with E-state index in [2.05, 4.69) is 34.2 Å². The second-order valence-electron chi connectivity index (χ2n) is 7.31. The maximum atomic E-state index is 12.5. The number of nitrogens with one attached hydrogen (secondary N) is 1. The van der Waals surface area contributed by atoms with E-state index >= 15 is 0 Å². The van der Waals surface area contributed by atoms with Gasteiger partial charge in [0.05, 0.1) is 7.11 Å². The average Bonchev–Trinajstić information content (AvgIpc) is 3.31. The number of aromatic nitrogens is 2. The molecule has 0 saturated carbocycles. The Labute approximate surface area is 160 Å². The van der Waals surface area contributed by atoms with Gasteiger partial charge in [-0.05, 0) is 52.3 Å². The van der Waals surface area contributed by atoms with Gasteiger partial charge in [0, 0.05) is 24.1 Å². The second kappa shape index (κ2) is 8.52. The van der Waals surface area contributed by atoms with Gasteiger partial charge in [-0.15, -0.1) is 0 Å². The number of benzene rings is 1. The molecule has 7 heteroatoms. The van der Waals surface area contributed by atoms with Crippen LogP contribution >= 0.6 is 0 Å². The highest BCUT2D eigenvalue weighted by molar-refractivity contribution is 5.77. The van der Waals surface area contributed by atoms with E-state index < -0.39 is 0 Å². The van der Waals surface area contributed by atoms with Crippen molar-refractivity contribution in [3.63, 3.8) is 0 Å². The van der Waals surface area contributed by atoms with Crippen molar-refractivity contribution in [1.82, 2.24) is 20.4 Å². The van der Waals surface area contributed by atoms with Crippen molar-refractivity contribution in [2.24, 2.45) is 0 Å². The number of rotatable bonds is 7. The Morgan fingerprint density at radius 1 is 1.41 bits per heavy atom. The van der Waals surface area contributed by atoms with Crippen molar-refractivity contribution in [3.8, 4) is 17.1 Å². The minimum Gasteiger partial charge on any atom is -0.497 e. The highest BCUT2D eigenvalue weighted by Crippen LogP contribution is 2.24. The first-order chi connectivity index (χ1) is 13.0. The summed E-state index contributed by atoms with van der Waals surface area (Å²) in [6.45, 7) is 7.28. The second-order valence-corrected chi connectivity index (χ2v) is 7.31. The maximum absolute atomic E-state index is 12.5. The molecule has 3 rings (SSSR count). The van der Waals surface area contributed by atoms with E-state index in [4.69, 9.17) is 9.26 Å². The molecule has 2 atom stereocenters. The minimum absolute atomic E-state index is 0.0150. The summed E-state index contributed by atoms with van der Waals surface area (Å²) in [5.41, 5.74) is 0.807. The largest absolute Gasteiger partial charge is 0.497 e. The molecule has 27 heavy (non-hydrogen) atoms. The average molecular weight is 372 g/mol. The Kier molecular flexibility index (Phi) is 6.11. The summed E-state index contributed by atoms with van der Waals surface area (Å²) in [4.78, 5) is 19.3. The molecule has 1 aromatic heterocycles.